The van der Waals surface area contributed by atoms with E-state index in [-0.39, 0.29) is 10.6 Å². The van der Waals surface area contributed by atoms with Crippen molar-refractivity contribution in [1.82, 2.24) is 0 Å². The van der Waals surface area contributed by atoms with Crippen LogP contribution in [-0.2, 0) is 4.79 Å². The van der Waals surface area contributed by atoms with Crippen LogP contribution in [0.2, 0.25) is 5.02 Å². The van der Waals surface area contributed by atoms with E-state index in [2.05, 4.69) is 0 Å². The second-order valence-electron chi connectivity index (χ2n) is 2.95. The van der Waals surface area contributed by atoms with Crippen molar-refractivity contribution < 1.29 is 14.0 Å². The van der Waals surface area contributed by atoms with Gasteiger partial charge in [-0.25, -0.2) is 4.39 Å². The van der Waals surface area contributed by atoms with Gasteiger partial charge in [0.05, 0.1) is 16.3 Å². The maximum absolute atomic E-state index is 13.0. The number of hydrogen-bond acceptors (Lipinski definition) is 2. The zero-order valence-electron chi connectivity index (χ0n) is 7.17. The average Bonchev–Trinajstić information content (AvgIpc) is 2.38. The molecule has 14 heavy (non-hydrogen) atoms. The third-order valence-electron chi connectivity index (χ3n) is 2.16. The number of carbonyl (C=O) groups is 2. The highest BCUT2D eigenvalue weighted by Gasteiger charge is 2.36. The van der Waals surface area contributed by atoms with Crippen LogP contribution in [0.1, 0.15) is 10.4 Å². The highest BCUT2D eigenvalue weighted by atomic mass is 35.5. The van der Waals surface area contributed by atoms with Crippen LogP contribution in [0.25, 0.3) is 0 Å². The lowest BCUT2D eigenvalue weighted by Gasteiger charge is -2.08. The molecule has 0 N–H and O–H groups in total. The Balaban J connectivity index is 2.76. The average molecular weight is 214 g/mol. The van der Waals surface area contributed by atoms with Gasteiger partial charge < -0.3 is 4.90 Å². The van der Waals surface area contributed by atoms with Crippen molar-refractivity contribution in [2.75, 3.05) is 11.9 Å². The summed E-state index contributed by atoms with van der Waals surface area (Å²) in [5.74, 6) is -2.14. The van der Waals surface area contributed by atoms with Crippen molar-refractivity contribution in [3.8, 4) is 0 Å². The van der Waals surface area contributed by atoms with Gasteiger partial charge in [0.25, 0.3) is 11.7 Å². The zero-order valence-corrected chi connectivity index (χ0v) is 7.93. The largest absolute Gasteiger partial charge is 0.308 e. The van der Waals surface area contributed by atoms with Crippen molar-refractivity contribution in [1.29, 1.82) is 0 Å². The molecule has 1 aromatic carbocycles. The smallest absolute Gasteiger partial charge is 0.299 e. The van der Waals surface area contributed by atoms with Crippen molar-refractivity contribution in [3.63, 3.8) is 0 Å². The van der Waals surface area contributed by atoms with Gasteiger partial charge in [-0.2, -0.15) is 0 Å². The van der Waals surface area contributed by atoms with E-state index in [4.69, 9.17) is 11.6 Å². The minimum atomic E-state index is -0.757. The Morgan fingerprint density at radius 3 is 2.64 bits per heavy atom. The molecule has 0 aliphatic carbocycles. The van der Waals surface area contributed by atoms with Crippen LogP contribution in [0.5, 0.6) is 0 Å². The van der Waals surface area contributed by atoms with Crippen LogP contribution in [0, 0.1) is 5.82 Å². The molecular formula is C9H5ClFNO2. The summed E-state index contributed by atoms with van der Waals surface area (Å²) in [5, 5.41) is -0.287. The maximum Gasteiger partial charge on any atom is 0.299 e. The molecule has 72 valence electrons. The molecule has 0 atom stereocenters. The normalized spacial score (nSPS) is 14.9. The molecule has 0 saturated heterocycles. The number of anilines is 1. The molecule has 0 unspecified atom stereocenters. The van der Waals surface area contributed by atoms with Crippen LogP contribution in [0.4, 0.5) is 10.1 Å². The molecule has 1 aromatic rings. The van der Waals surface area contributed by atoms with Crippen LogP contribution < -0.4 is 4.90 Å². The van der Waals surface area contributed by atoms with E-state index in [0.717, 1.165) is 11.0 Å². The van der Waals surface area contributed by atoms with Crippen LogP contribution in [-0.4, -0.2) is 18.7 Å². The van der Waals surface area contributed by atoms with Gasteiger partial charge in [-0.15, -0.1) is 0 Å². The number of likely N-dealkylation sites (N-methyl/N-ethyl adjacent to an activating group) is 1. The van der Waals surface area contributed by atoms with Crippen LogP contribution in [0.3, 0.4) is 0 Å². The van der Waals surface area contributed by atoms with Gasteiger partial charge in [-0.05, 0) is 12.1 Å². The molecule has 0 spiro atoms. The summed E-state index contributed by atoms with van der Waals surface area (Å²) in [6.45, 7) is 0. The number of carbonyl (C=O) groups excluding carboxylic acids is 2. The minimum Gasteiger partial charge on any atom is -0.308 e. The van der Waals surface area contributed by atoms with E-state index in [1.54, 1.807) is 0 Å². The Kier molecular flexibility index (Phi) is 1.82. The van der Waals surface area contributed by atoms with Gasteiger partial charge in [-0.1, -0.05) is 11.6 Å². The highest BCUT2D eigenvalue weighted by Crippen LogP contribution is 2.34. The quantitative estimate of drug-likeness (QED) is 0.615. The molecule has 0 fully saturated rings. The summed E-state index contributed by atoms with van der Waals surface area (Å²) in [4.78, 5) is 23.7. The van der Waals surface area contributed by atoms with E-state index >= 15 is 0 Å². The number of amides is 1. The Morgan fingerprint density at radius 1 is 1.36 bits per heavy atom. The standard InChI is InChI=1S/C9H5ClFNO2/c1-12-5-3-2-4(11)7(10)6(5)8(13)9(12)14/h2-3H,1H3. The predicted molar refractivity (Wildman–Crippen MR) is 49.2 cm³/mol. The number of ketones is 1. The second-order valence-corrected chi connectivity index (χ2v) is 3.33. The Morgan fingerprint density at radius 2 is 2.00 bits per heavy atom. The molecule has 0 saturated carbocycles. The topological polar surface area (TPSA) is 37.4 Å². The fourth-order valence-electron chi connectivity index (χ4n) is 1.40. The first-order chi connectivity index (χ1) is 6.54. The second kappa shape index (κ2) is 2.78. The number of Topliss-reactive ketones (excluding diaryl/α,β-unsaturated/α-hetero) is 1. The lowest BCUT2D eigenvalue weighted by atomic mass is 10.1. The highest BCUT2D eigenvalue weighted by molar-refractivity contribution is 6.55. The Bertz CT molecular complexity index is 458. The molecule has 5 heteroatoms. The molecule has 2 rings (SSSR count). The third kappa shape index (κ3) is 0.974. The van der Waals surface area contributed by atoms with Gasteiger partial charge in [0.15, 0.2) is 0 Å². The number of hydrogen-bond donors (Lipinski definition) is 0. The summed E-state index contributed by atoms with van der Waals surface area (Å²) in [6.07, 6.45) is 0. The minimum absolute atomic E-state index is 0.0424. The molecule has 0 aromatic heterocycles. The predicted octanol–water partition coefficient (Wildman–Crippen LogP) is 1.64. The fraction of sp³-hybridized carbons (Fsp3) is 0.111. The van der Waals surface area contributed by atoms with E-state index < -0.39 is 17.5 Å². The van der Waals surface area contributed by atoms with Crippen molar-refractivity contribution >= 4 is 29.0 Å². The first kappa shape index (κ1) is 9.15. The Hall–Kier alpha value is -1.42. The van der Waals surface area contributed by atoms with E-state index in [1.165, 1.54) is 13.1 Å². The van der Waals surface area contributed by atoms with Crippen molar-refractivity contribution in [2.24, 2.45) is 0 Å². The summed E-state index contributed by atoms with van der Waals surface area (Å²) in [5.41, 5.74) is 0.311. The summed E-state index contributed by atoms with van der Waals surface area (Å²) in [7, 11) is 1.44. The molecule has 1 aliphatic heterocycles. The maximum atomic E-state index is 13.0. The molecule has 0 bridgehead atoms. The monoisotopic (exact) mass is 213 g/mol. The van der Waals surface area contributed by atoms with Crippen LogP contribution >= 0.6 is 11.6 Å². The summed E-state index contributed by atoms with van der Waals surface area (Å²) in [6, 6.07) is 2.49. The van der Waals surface area contributed by atoms with Crippen LogP contribution in [0.15, 0.2) is 12.1 Å². The molecule has 1 heterocycles. The zero-order chi connectivity index (χ0) is 10.5. The lowest BCUT2D eigenvalue weighted by Crippen LogP contribution is -2.24. The fourth-order valence-corrected chi connectivity index (χ4v) is 1.65. The third-order valence-corrected chi connectivity index (χ3v) is 2.53. The SMILES string of the molecule is CN1C(=O)C(=O)c2c1ccc(F)c2Cl. The van der Waals surface area contributed by atoms with E-state index in [1.807, 2.05) is 0 Å². The first-order valence-electron chi connectivity index (χ1n) is 3.84. The van der Waals surface area contributed by atoms with Gasteiger partial charge in [0.1, 0.15) is 5.82 Å². The van der Waals surface area contributed by atoms with Crippen molar-refractivity contribution in [2.45, 2.75) is 0 Å². The number of fused-ring (bicyclic) bond motifs is 1. The Labute approximate surface area is 84.1 Å². The lowest BCUT2D eigenvalue weighted by molar-refractivity contribution is -0.114. The number of benzene rings is 1. The van der Waals surface area contributed by atoms with Gasteiger partial charge in [0.2, 0.25) is 0 Å². The molecule has 1 aliphatic rings. The van der Waals surface area contributed by atoms with Gasteiger partial charge in [-0.3, -0.25) is 9.59 Å². The first-order valence-corrected chi connectivity index (χ1v) is 4.22. The van der Waals surface area contributed by atoms with E-state index in [0.29, 0.717) is 5.69 Å². The van der Waals surface area contributed by atoms with E-state index in [9.17, 15) is 14.0 Å². The van der Waals surface area contributed by atoms with Gasteiger partial charge in [0, 0.05) is 7.05 Å². The molecular weight excluding hydrogens is 209 g/mol. The summed E-state index contributed by atoms with van der Waals surface area (Å²) >= 11 is 5.59. The number of rotatable bonds is 0. The molecule has 3 nitrogen and oxygen atoms in total. The molecule has 1 amide bonds. The van der Waals surface area contributed by atoms with Gasteiger partial charge >= 0.3 is 0 Å². The summed E-state index contributed by atoms with van der Waals surface area (Å²) < 4.78 is 13.0. The van der Waals surface area contributed by atoms with Crippen molar-refractivity contribution in [3.05, 3.63) is 28.5 Å². The number of nitrogens with zero attached hydrogens (tertiary/aromatic N) is 1. The number of halogens is 2. The molecule has 0 radical (unpaired) electrons.